The number of amides is 1. The average Bonchev–Trinajstić information content (AvgIpc) is 2.75. The first kappa shape index (κ1) is 17.5. The van der Waals surface area contributed by atoms with Gasteiger partial charge >= 0.3 is 0 Å². The number of ether oxygens (including phenoxy) is 1. The summed E-state index contributed by atoms with van der Waals surface area (Å²) >= 11 is 3.47. The molecule has 3 nitrogen and oxygen atoms in total. The summed E-state index contributed by atoms with van der Waals surface area (Å²) in [5, 5.41) is 0. The summed E-state index contributed by atoms with van der Waals surface area (Å²) in [5.41, 5.74) is 3.36. The first-order valence-corrected chi connectivity index (χ1v) is 9.78. The van der Waals surface area contributed by atoms with Crippen molar-refractivity contribution in [2.45, 2.75) is 44.9 Å². The Hall–Kier alpha value is -1.91. The molecule has 1 spiro atoms. The minimum atomic E-state index is -0.900. The number of halogens is 1. The van der Waals surface area contributed by atoms with E-state index < -0.39 is 5.60 Å². The molecule has 0 unspecified atom stereocenters. The summed E-state index contributed by atoms with van der Waals surface area (Å²) in [5.74, 6) is 0.0446. The van der Waals surface area contributed by atoms with E-state index in [0.29, 0.717) is 13.0 Å². The zero-order valence-corrected chi connectivity index (χ0v) is 16.6. The average molecular weight is 412 g/mol. The van der Waals surface area contributed by atoms with Crippen LogP contribution in [0.15, 0.2) is 64.7 Å². The van der Waals surface area contributed by atoms with Crippen LogP contribution in [0.1, 0.15) is 37.8 Å². The number of rotatable bonds is 2. The molecule has 4 heteroatoms. The number of anilines is 1. The zero-order valence-electron chi connectivity index (χ0n) is 15.0. The van der Waals surface area contributed by atoms with E-state index in [2.05, 4.69) is 28.9 Å². The summed E-state index contributed by atoms with van der Waals surface area (Å²) in [6, 6.07) is 16.2. The van der Waals surface area contributed by atoms with Crippen LogP contribution in [-0.4, -0.2) is 12.0 Å². The van der Waals surface area contributed by atoms with Crippen molar-refractivity contribution >= 4 is 27.5 Å². The van der Waals surface area contributed by atoms with Crippen LogP contribution in [0.25, 0.3) is 0 Å². The molecule has 0 saturated carbocycles. The van der Waals surface area contributed by atoms with Crippen molar-refractivity contribution in [3.05, 3.63) is 75.8 Å². The van der Waals surface area contributed by atoms with Crippen LogP contribution in [0, 0.1) is 0 Å². The lowest BCUT2D eigenvalue weighted by Gasteiger charge is -2.30. The first-order chi connectivity index (χ1) is 12.5. The first-order valence-electron chi connectivity index (χ1n) is 8.99. The van der Waals surface area contributed by atoms with E-state index in [4.69, 9.17) is 4.74 Å². The van der Waals surface area contributed by atoms with Crippen LogP contribution >= 0.6 is 15.9 Å². The van der Waals surface area contributed by atoms with Gasteiger partial charge in [0.15, 0.2) is 5.60 Å². The van der Waals surface area contributed by atoms with Gasteiger partial charge in [-0.25, -0.2) is 0 Å². The van der Waals surface area contributed by atoms with Gasteiger partial charge in [-0.1, -0.05) is 57.9 Å². The number of hydrogen-bond donors (Lipinski definition) is 0. The number of nitrogens with zero attached hydrogens (tertiary/aromatic N) is 1. The number of para-hydroxylation sites is 1. The molecule has 0 aromatic heterocycles. The molecule has 2 aromatic rings. The summed E-state index contributed by atoms with van der Waals surface area (Å²) in [4.78, 5) is 15.5. The molecule has 0 aliphatic carbocycles. The minimum absolute atomic E-state index is 0.0112. The lowest BCUT2D eigenvalue weighted by Crippen LogP contribution is -2.43. The molecule has 1 amide bonds. The fourth-order valence-electron chi connectivity index (χ4n) is 3.97. The maximum atomic E-state index is 13.6. The molecule has 2 aliphatic rings. The molecule has 4 rings (SSSR count). The van der Waals surface area contributed by atoms with Crippen LogP contribution in [0.5, 0.6) is 0 Å². The van der Waals surface area contributed by atoms with Gasteiger partial charge in [-0.05, 0) is 44.0 Å². The monoisotopic (exact) mass is 411 g/mol. The van der Waals surface area contributed by atoms with Crippen molar-refractivity contribution in [3.8, 4) is 0 Å². The van der Waals surface area contributed by atoms with E-state index in [1.807, 2.05) is 60.4 Å². The molecule has 0 bridgehead atoms. The fourth-order valence-corrected chi connectivity index (χ4v) is 4.24. The predicted molar refractivity (Wildman–Crippen MR) is 107 cm³/mol. The molecule has 2 aromatic carbocycles. The highest BCUT2D eigenvalue weighted by Gasteiger charge is 2.53. The van der Waals surface area contributed by atoms with Crippen molar-refractivity contribution in [1.29, 1.82) is 0 Å². The maximum absolute atomic E-state index is 13.6. The van der Waals surface area contributed by atoms with Gasteiger partial charge in [0.25, 0.3) is 5.91 Å². The van der Waals surface area contributed by atoms with E-state index in [1.165, 1.54) is 5.57 Å². The molecule has 2 heterocycles. The van der Waals surface area contributed by atoms with E-state index in [0.717, 1.165) is 27.7 Å². The molecular weight excluding hydrogens is 390 g/mol. The smallest absolute Gasteiger partial charge is 0.264 e. The topological polar surface area (TPSA) is 29.5 Å². The molecule has 134 valence electrons. The van der Waals surface area contributed by atoms with Crippen molar-refractivity contribution < 1.29 is 9.53 Å². The van der Waals surface area contributed by atoms with Crippen LogP contribution in [0.4, 0.5) is 5.69 Å². The number of hydrogen-bond acceptors (Lipinski definition) is 2. The lowest BCUT2D eigenvalue weighted by atomic mass is 9.88. The van der Waals surface area contributed by atoms with Gasteiger partial charge in [0.05, 0.1) is 18.3 Å². The minimum Gasteiger partial charge on any atom is -0.357 e. The van der Waals surface area contributed by atoms with Gasteiger partial charge in [0, 0.05) is 16.5 Å². The van der Waals surface area contributed by atoms with Crippen LogP contribution < -0.4 is 4.90 Å². The Morgan fingerprint density at radius 2 is 1.92 bits per heavy atom. The molecule has 0 saturated heterocycles. The predicted octanol–water partition coefficient (Wildman–Crippen LogP) is 5.34. The highest BCUT2D eigenvalue weighted by atomic mass is 79.9. The van der Waals surface area contributed by atoms with Gasteiger partial charge in [-0.3, -0.25) is 4.79 Å². The van der Waals surface area contributed by atoms with Gasteiger partial charge in [0.2, 0.25) is 0 Å². The standard InChI is InChI=1S/C22H22BrNO2/c1-15-7-8-16(2)26-22(13-15)19-5-3-4-6-20(19)24(21(22)25)14-17-9-11-18(23)12-10-17/h3-7,9-12,16H,8,13-14H2,1-2H3/t16-,22-/m1/s1. The number of fused-ring (bicyclic) bond motifs is 2. The van der Waals surface area contributed by atoms with Crippen molar-refractivity contribution in [2.24, 2.45) is 0 Å². The van der Waals surface area contributed by atoms with Crippen molar-refractivity contribution in [3.63, 3.8) is 0 Å². The number of benzene rings is 2. The lowest BCUT2D eigenvalue weighted by molar-refractivity contribution is -0.150. The third-order valence-corrected chi connectivity index (χ3v) is 5.73. The zero-order chi connectivity index (χ0) is 18.3. The number of carbonyl (C=O) groups excluding carboxylic acids is 1. The van der Waals surface area contributed by atoms with Crippen LogP contribution in [0.2, 0.25) is 0 Å². The van der Waals surface area contributed by atoms with Crippen LogP contribution in [-0.2, 0) is 21.7 Å². The highest BCUT2D eigenvalue weighted by Crippen LogP contribution is 2.48. The van der Waals surface area contributed by atoms with Gasteiger partial charge < -0.3 is 9.64 Å². The van der Waals surface area contributed by atoms with Gasteiger partial charge in [-0.2, -0.15) is 0 Å². The van der Waals surface area contributed by atoms with E-state index in [1.54, 1.807) is 0 Å². The van der Waals surface area contributed by atoms with Crippen molar-refractivity contribution in [2.75, 3.05) is 4.90 Å². The summed E-state index contributed by atoms with van der Waals surface area (Å²) in [6.45, 7) is 4.69. The Labute approximate surface area is 162 Å². The second kappa shape index (κ2) is 6.67. The fraction of sp³-hybridized carbons (Fsp3) is 0.318. The third-order valence-electron chi connectivity index (χ3n) is 5.20. The normalized spacial score (nSPS) is 25.2. The Morgan fingerprint density at radius 1 is 1.19 bits per heavy atom. The Morgan fingerprint density at radius 3 is 2.69 bits per heavy atom. The highest BCUT2D eigenvalue weighted by molar-refractivity contribution is 9.10. The summed E-state index contributed by atoms with van der Waals surface area (Å²) in [6.07, 6.45) is 3.67. The summed E-state index contributed by atoms with van der Waals surface area (Å²) in [7, 11) is 0. The molecule has 2 aliphatic heterocycles. The molecule has 0 radical (unpaired) electrons. The molecule has 2 atom stereocenters. The van der Waals surface area contributed by atoms with E-state index in [9.17, 15) is 4.79 Å². The largest absolute Gasteiger partial charge is 0.357 e. The summed E-state index contributed by atoms with van der Waals surface area (Å²) < 4.78 is 7.44. The Bertz CT molecular complexity index is 874. The maximum Gasteiger partial charge on any atom is 0.264 e. The van der Waals surface area contributed by atoms with Gasteiger partial charge in [-0.15, -0.1) is 0 Å². The van der Waals surface area contributed by atoms with E-state index >= 15 is 0 Å². The van der Waals surface area contributed by atoms with Crippen molar-refractivity contribution in [1.82, 2.24) is 0 Å². The van der Waals surface area contributed by atoms with E-state index in [-0.39, 0.29) is 12.0 Å². The quantitative estimate of drug-likeness (QED) is 0.624. The molecule has 0 fully saturated rings. The molecular formula is C22H22BrNO2. The Kier molecular flexibility index (Phi) is 4.49. The van der Waals surface area contributed by atoms with Crippen LogP contribution in [0.3, 0.4) is 0 Å². The second-order valence-electron chi connectivity index (χ2n) is 7.25. The third kappa shape index (κ3) is 2.91. The molecule has 0 N–H and O–H groups in total. The second-order valence-corrected chi connectivity index (χ2v) is 8.17. The molecule has 26 heavy (non-hydrogen) atoms. The SMILES string of the molecule is CC1=CC[C@@H](C)O[C@@]2(C1)C(=O)N(Cc1ccc(Br)cc1)c1ccccc12. The van der Waals surface area contributed by atoms with Gasteiger partial charge in [0.1, 0.15) is 0 Å². The Balaban J connectivity index is 1.77. The number of carbonyl (C=O) groups is 1.